The molecule has 2 rings (SSSR count). The molecule has 1 heterocycles. The van der Waals surface area contributed by atoms with Crippen molar-refractivity contribution in [3.05, 3.63) is 29.6 Å². The maximum absolute atomic E-state index is 5.04. The van der Waals surface area contributed by atoms with Crippen LogP contribution in [0.15, 0.2) is 18.2 Å². The second-order valence-electron chi connectivity index (χ2n) is 4.57. The van der Waals surface area contributed by atoms with Gasteiger partial charge in [-0.15, -0.1) is 0 Å². The van der Waals surface area contributed by atoms with Crippen LogP contribution in [-0.4, -0.2) is 16.2 Å². The van der Waals surface area contributed by atoms with Gasteiger partial charge in [0.05, 0.1) is 17.6 Å². The summed E-state index contributed by atoms with van der Waals surface area (Å²) in [4.78, 5) is 9.19. The van der Waals surface area contributed by atoms with Crippen molar-refractivity contribution >= 4 is 11.0 Å². The molecule has 0 unspecified atom stereocenters. The monoisotopic (exact) mass is 233 g/mol. The number of hydrogen-bond acceptors (Lipinski definition) is 3. The molecule has 0 atom stereocenters. The Hall–Kier alpha value is -1.39. The fourth-order valence-electron chi connectivity index (χ4n) is 2.25. The summed E-state index contributed by atoms with van der Waals surface area (Å²) >= 11 is 0. The van der Waals surface area contributed by atoms with Crippen molar-refractivity contribution in [2.24, 2.45) is 5.90 Å². The van der Waals surface area contributed by atoms with Gasteiger partial charge in [0.15, 0.2) is 0 Å². The molecule has 0 amide bonds. The minimum atomic E-state index is 0.429. The Bertz CT molecular complexity index is 517. The van der Waals surface area contributed by atoms with Crippen molar-refractivity contribution < 1.29 is 4.84 Å². The fraction of sp³-hybridized carbons (Fsp3) is 0.462. The van der Waals surface area contributed by atoms with Crippen molar-refractivity contribution in [3.8, 4) is 0 Å². The van der Waals surface area contributed by atoms with Crippen LogP contribution in [0.1, 0.15) is 31.3 Å². The van der Waals surface area contributed by atoms with E-state index in [2.05, 4.69) is 46.4 Å². The molecule has 1 aromatic heterocycles. The highest BCUT2D eigenvalue weighted by Gasteiger charge is 2.10. The zero-order valence-electron chi connectivity index (χ0n) is 10.6. The van der Waals surface area contributed by atoms with Crippen molar-refractivity contribution in [2.45, 2.75) is 33.2 Å². The number of imidazole rings is 1. The van der Waals surface area contributed by atoms with Crippen LogP contribution in [0.25, 0.3) is 11.0 Å². The van der Waals surface area contributed by atoms with E-state index in [0.717, 1.165) is 17.8 Å². The zero-order chi connectivity index (χ0) is 12.4. The quantitative estimate of drug-likeness (QED) is 0.825. The van der Waals surface area contributed by atoms with Crippen LogP contribution >= 0.6 is 0 Å². The Labute approximate surface area is 101 Å². The summed E-state index contributed by atoms with van der Waals surface area (Å²) in [6.45, 7) is 6.92. The molecule has 0 bridgehead atoms. The van der Waals surface area contributed by atoms with Crippen LogP contribution in [0.5, 0.6) is 0 Å². The standard InChI is InChI=1S/C13H19N3O/c1-9(2)16-10(3)15-12-8-11(6-7-17-14)4-5-13(12)16/h4-5,8-9H,6-7,14H2,1-3H3. The SMILES string of the molecule is Cc1nc2cc(CCON)ccc2n1C(C)C. The summed E-state index contributed by atoms with van der Waals surface area (Å²) in [5, 5.41) is 0. The number of nitrogens with two attached hydrogens (primary N) is 1. The maximum Gasteiger partial charge on any atom is 0.106 e. The first kappa shape index (κ1) is 12.1. The zero-order valence-corrected chi connectivity index (χ0v) is 10.6. The largest absolute Gasteiger partial charge is 0.326 e. The second kappa shape index (κ2) is 4.85. The van der Waals surface area contributed by atoms with Crippen LogP contribution in [0.4, 0.5) is 0 Å². The van der Waals surface area contributed by atoms with Gasteiger partial charge in [-0.1, -0.05) is 6.07 Å². The number of nitrogens with zero attached hydrogens (tertiary/aromatic N) is 2. The molecule has 0 aliphatic carbocycles. The van der Waals surface area contributed by atoms with Crippen molar-refractivity contribution in [3.63, 3.8) is 0 Å². The molecule has 92 valence electrons. The lowest BCUT2D eigenvalue weighted by Gasteiger charge is -2.10. The van der Waals surface area contributed by atoms with E-state index in [1.807, 2.05) is 6.92 Å². The predicted molar refractivity (Wildman–Crippen MR) is 68.7 cm³/mol. The molecule has 2 aromatic rings. The van der Waals surface area contributed by atoms with Crippen LogP contribution in [0.2, 0.25) is 0 Å². The van der Waals surface area contributed by atoms with Gasteiger partial charge in [0, 0.05) is 6.04 Å². The van der Waals surface area contributed by atoms with Crippen molar-refractivity contribution in [2.75, 3.05) is 6.61 Å². The highest BCUT2D eigenvalue weighted by atomic mass is 16.6. The van der Waals surface area contributed by atoms with Crippen molar-refractivity contribution in [1.82, 2.24) is 9.55 Å². The minimum absolute atomic E-state index is 0.429. The Morgan fingerprint density at radius 3 is 2.82 bits per heavy atom. The van der Waals surface area contributed by atoms with Crippen LogP contribution in [0, 0.1) is 6.92 Å². The second-order valence-corrected chi connectivity index (χ2v) is 4.57. The van der Waals surface area contributed by atoms with Crippen LogP contribution in [0.3, 0.4) is 0 Å². The Morgan fingerprint density at radius 2 is 2.18 bits per heavy atom. The summed E-state index contributed by atoms with van der Waals surface area (Å²) in [6.07, 6.45) is 0.819. The lowest BCUT2D eigenvalue weighted by atomic mass is 10.1. The van der Waals surface area contributed by atoms with Gasteiger partial charge in [0.1, 0.15) is 5.82 Å². The Morgan fingerprint density at radius 1 is 1.41 bits per heavy atom. The van der Waals surface area contributed by atoms with Gasteiger partial charge in [-0.05, 0) is 44.9 Å². The highest BCUT2D eigenvalue weighted by Crippen LogP contribution is 2.21. The molecule has 2 N–H and O–H groups in total. The molecule has 4 heteroatoms. The molecular formula is C13H19N3O. The number of benzene rings is 1. The summed E-state index contributed by atoms with van der Waals surface area (Å²) in [5.41, 5.74) is 3.44. The molecule has 0 spiro atoms. The highest BCUT2D eigenvalue weighted by molar-refractivity contribution is 5.77. The molecule has 0 aliphatic rings. The third-order valence-corrected chi connectivity index (χ3v) is 2.96. The fourth-order valence-corrected chi connectivity index (χ4v) is 2.25. The summed E-state index contributed by atoms with van der Waals surface area (Å²) in [7, 11) is 0. The number of hydrogen-bond donors (Lipinski definition) is 1. The van der Waals surface area contributed by atoms with Crippen LogP contribution < -0.4 is 5.90 Å². The topological polar surface area (TPSA) is 53.1 Å². The smallest absolute Gasteiger partial charge is 0.106 e. The molecular weight excluding hydrogens is 214 g/mol. The minimum Gasteiger partial charge on any atom is -0.326 e. The molecule has 0 radical (unpaired) electrons. The summed E-state index contributed by atoms with van der Waals surface area (Å²) in [6, 6.07) is 6.78. The lowest BCUT2D eigenvalue weighted by molar-refractivity contribution is 0.141. The van der Waals surface area contributed by atoms with E-state index in [0.29, 0.717) is 12.6 Å². The maximum atomic E-state index is 5.04. The first-order chi connectivity index (χ1) is 8.13. The van der Waals surface area contributed by atoms with E-state index < -0.39 is 0 Å². The third kappa shape index (κ3) is 2.33. The first-order valence-electron chi connectivity index (χ1n) is 5.92. The van der Waals surface area contributed by atoms with E-state index in [1.54, 1.807) is 0 Å². The van der Waals surface area contributed by atoms with Gasteiger partial charge in [-0.25, -0.2) is 10.9 Å². The predicted octanol–water partition coefficient (Wildman–Crippen LogP) is 2.36. The first-order valence-corrected chi connectivity index (χ1v) is 5.92. The van der Waals surface area contributed by atoms with E-state index >= 15 is 0 Å². The average Bonchev–Trinajstić information content (AvgIpc) is 2.61. The van der Waals surface area contributed by atoms with E-state index in [1.165, 1.54) is 11.1 Å². The molecule has 0 fully saturated rings. The van der Waals surface area contributed by atoms with Gasteiger partial charge >= 0.3 is 0 Å². The van der Waals surface area contributed by atoms with Gasteiger partial charge in [0.25, 0.3) is 0 Å². The van der Waals surface area contributed by atoms with E-state index in [9.17, 15) is 0 Å². The average molecular weight is 233 g/mol. The van der Waals surface area contributed by atoms with Gasteiger partial charge < -0.3 is 9.40 Å². The molecule has 0 aliphatic heterocycles. The lowest BCUT2D eigenvalue weighted by Crippen LogP contribution is -2.04. The van der Waals surface area contributed by atoms with E-state index in [-0.39, 0.29) is 0 Å². The van der Waals surface area contributed by atoms with E-state index in [4.69, 9.17) is 5.90 Å². The molecule has 0 saturated heterocycles. The number of rotatable bonds is 4. The molecule has 4 nitrogen and oxygen atoms in total. The Kier molecular flexibility index (Phi) is 3.45. The third-order valence-electron chi connectivity index (χ3n) is 2.96. The summed E-state index contributed by atoms with van der Waals surface area (Å²) < 4.78 is 2.25. The number of aryl methyl sites for hydroxylation is 1. The Balaban J connectivity index is 2.43. The van der Waals surface area contributed by atoms with Gasteiger partial charge in [0.2, 0.25) is 0 Å². The molecule has 0 saturated carbocycles. The van der Waals surface area contributed by atoms with Crippen LogP contribution in [-0.2, 0) is 11.3 Å². The summed E-state index contributed by atoms with van der Waals surface area (Å²) in [5.74, 6) is 6.09. The number of fused-ring (bicyclic) bond motifs is 1. The number of aromatic nitrogens is 2. The molecule has 17 heavy (non-hydrogen) atoms. The molecule has 1 aromatic carbocycles. The van der Waals surface area contributed by atoms with Gasteiger partial charge in [-0.3, -0.25) is 0 Å². The van der Waals surface area contributed by atoms with Crippen molar-refractivity contribution in [1.29, 1.82) is 0 Å². The van der Waals surface area contributed by atoms with Gasteiger partial charge in [-0.2, -0.15) is 0 Å². The normalized spacial score (nSPS) is 11.6.